The van der Waals surface area contributed by atoms with E-state index in [9.17, 15) is 8.42 Å². The predicted molar refractivity (Wildman–Crippen MR) is 123 cm³/mol. The van der Waals surface area contributed by atoms with E-state index < -0.39 is 9.84 Å². The van der Waals surface area contributed by atoms with Gasteiger partial charge in [-0.25, -0.2) is 13.4 Å². The summed E-state index contributed by atoms with van der Waals surface area (Å²) in [4.78, 5) is 4.90. The molecule has 1 heterocycles. The Morgan fingerprint density at radius 1 is 0.906 bits per heavy atom. The van der Waals surface area contributed by atoms with Crippen LogP contribution in [0.3, 0.4) is 0 Å². The highest BCUT2D eigenvalue weighted by atomic mass is 32.2. The minimum Gasteiger partial charge on any atom is -0.496 e. The third-order valence-corrected chi connectivity index (χ3v) is 6.27. The topological polar surface area (TPSA) is 78.6 Å². The van der Waals surface area contributed by atoms with Crippen LogP contribution in [0.15, 0.2) is 82.3 Å². The maximum atomic E-state index is 11.8. The van der Waals surface area contributed by atoms with Gasteiger partial charge in [0.25, 0.3) is 0 Å². The zero-order chi connectivity index (χ0) is 22.7. The van der Waals surface area contributed by atoms with Crippen molar-refractivity contribution >= 4 is 9.84 Å². The Kier molecular flexibility index (Phi) is 6.01. The van der Waals surface area contributed by atoms with Gasteiger partial charge in [0.2, 0.25) is 0 Å². The highest BCUT2D eigenvalue weighted by molar-refractivity contribution is 7.90. The Morgan fingerprint density at radius 3 is 2.25 bits per heavy atom. The first kappa shape index (κ1) is 21.6. The molecule has 7 heteroatoms. The van der Waals surface area contributed by atoms with Gasteiger partial charge in [-0.05, 0) is 35.4 Å². The second-order valence-electron chi connectivity index (χ2n) is 7.31. The Labute approximate surface area is 187 Å². The third kappa shape index (κ3) is 4.38. The summed E-state index contributed by atoms with van der Waals surface area (Å²) in [7, 11) is -0.131. The fourth-order valence-electron chi connectivity index (χ4n) is 3.58. The molecule has 4 rings (SSSR count). The van der Waals surface area contributed by atoms with Crippen LogP contribution in [0.25, 0.3) is 22.4 Å². The first-order chi connectivity index (χ1) is 15.4. The quantitative estimate of drug-likeness (QED) is 0.394. The smallest absolute Gasteiger partial charge is 0.198 e. The number of hydrogen-bond donors (Lipinski definition) is 0. The second kappa shape index (κ2) is 8.88. The molecule has 0 spiro atoms. The number of aromatic nitrogens is 1. The zero-order valence-electron chi connectivity index (χ0n) is 18.0. The normalized spacial score (nSPS) is 11.3. The third-order valence-electron chi connectivity index (χ3n) is 5.14. The summed E-state index contributed by atoms with van der Waals surface area (Å²) in [5.74, 6) is 1.77. The van der Waals surface area contributed by atoms with E-state index in [2.05, 4.69) is 4.98 Å². The van der Waals surface area contributed by atoms with Crippen LogP contribution in [-0.4, -0.2) is 33.9 Å². The van der Waals surface area contributed by atoms with E-state index >= 15 is 0 Å². The number of methoxy groups -OCH3 is 2. The van der Waals surface area contributed by atoms with Gasteiger partial charge in [-0.1, -0.05) is 42.5 Å². The lowest BCUT2D eigenvalue weighted by Crippen LogP contribution is -1.98. The Bertz CT molecular complexity index is 1330. The molecule has 32 heavy (non-hydrogen) atoms. The van der Waals surface area contributed by atoms with Crippen LogP contribution in [0, 0.1) is 0 Å². The molecule has 0 bridgehead atoms. The molecule has 0 aliphatic carbocycles. The summed E-state index contributed by atoms with van der Waals surface area (Å²) in [5, 5.41) is 0. The Morgan fingerprint density at radius 2 is 1.62 bits per heavy atom. The maximum Gasteiger partial charge on any atom is 0.198 e. The largest absolute Gasteiger partial charge is 0.496 e. The van der Waals surface area contributed by atoms with Gasteiger partial charge in [0.1, 0.15) is 23.5 Å². The summed E-state index contributed by atoms with van der Waals surface area (Å²) in [6.45, 7) is 0. The van der Waals surface area contributed by atoms with Crippen molar-refractivity contribution in [2.45, 2.75) is 11.3 Å². The SMILES string of the molecule is COc1ccc(-c2coc(Cc3ccccc3)n2)c(OC)c1-c1ccc(S(C)(=O)=O)cc1. The van der Waals surface area contributed by atoms with Gasteiger partial charge in [-0.15, -0.1) is 0 Å². The lowest BCUT2D eigenvalue weighted by Gasteiger charge is -2.16. The van der Waals surface area contributed by atoms with E-state index in [1.54, 1.807) is 44.7 Å². The molecule has 0 N–H and O–H groups in total. The van der Waals surface area contributed by atoms with Gasteiger partial charge in [0.15, 0.2) is 15.7 Å². The van der Waals surface area contributed by atoms with E-state index in [0.717, 1.165) is 16.7 Å². The van der Waals surface area contributed by atoms with E-state index in [0.29, 0.717) is 35.1 Å². The van der Waals surface area contributed by atoms with E-state index in [1.807, 2.05) is 42.5 Å². The average Bonchev–Trinajstić information content (AvgIpc) is 3.26. The molecule has 0 fully saturated rings. The Hall–Kier alpha value is -3.58. The van der Waals surface area contributed by atoms with Gasteiger partial charge in [-0.3, -0.25) is 0 Å². The van der Waals surface area contributed by atoms with E-state index in [4.69, 9.17) is 13.9 Å². The van der Waals surface area contributed by atoms with Crippen molar-refractivity contribution in [3.8, 4) is 33.9 Å². The van der Waals surface area contributed by atoms with E-state index in [1.165, 1.54) is 6.26 Å². The number of sulfone groups is 1. The fourth-order valence-corrected chi connectivity index (χ4v) is 4.21. The van der Waals surface area contributed by atoms with Crippen LogP contribution in [0.2, 0.25) is 0 Å². The maximum absolute atomic E-state index is 11.8. The van der Waals surface area contributed by atoms with Crippen molar-refractivity contribution in [2.24, 2.45) is 0 Å². The first-order valence-corrected chi connectivity index (χ1v) is 11.8. The molecule has 0 saturated heterocycles. The molecule has 4 aromatic rings. The number of rotatable bonds is 7. The summed E-state index contributed by atoms with van der Waals surface area (Å²) < 4.78 is 40.7. The van der Waals surface area contributed by atoms with Gasteiger partial charge in [-0.2, -0.15) is 0 Å². The molecular weight excluding hydrogens is 426 g/mol. The van der Waals surface area contributed by atoms with Crippen molar-refractivity contribution in [1.29, 1.82) is 0 Å². The van der Waals surface area contributed by atoms with Crippen molar-refractivity contribution in [3.63, 3.8) is 0 Å². The number of nitrogens with zero attached hydrogens (tertiary/aromatic N) is 1. The van der Waals surface area contributed by atoms with Crippen LogP contribution >= 0.6 is 0 Å². The summed E-state index contributed by atoms with van der Waals surface area (Å²) >= 11 is 0. The standard InChI is InChI=1S/C25H23NO5S/c1-29-22-14-13-20(21-16-31-23(26-21)15-17-7-5-4-6-8-17)25(30-2)24(22)18-9-11-19(12-10-18)32(3,27)28/h4-14,16H,15H2,1-3H3. The van der Waals surface area contributed by atoms with Crippen LogP contribution < -0.4 is 9.47 Å². The summed E-state index contributed by atoms with van der Waals surface area (Å²) in [5.41, 5.74) is 3.97. The summed E-state index contributed by atoms with van der Waals surface area (Å²) in [6, 6.07) is 20.3. The molecule has 0 aliphatic rings. The minimum atomic E-state index is -3.29. The molecule has 0 aliphatic heterocycles. The van der Waals surface area contributed by atoms with Gasteiger partial charge >= 0.3 is 0 Å². The predicted octanol–water partition coefficient (Wildman–Crippen LogP) is 5.02. The molecule has 0 atom stereocenters. The van der Waals surface area contributed by atoms with Crippen LogP contribution in [-0.2, 0) is 16.3 Å². The second-order valence-corrected chi connectivity index (χ2v) is 9.32. The number of ether oxygens (including phenoxy) is 2. The van der Waals surface area contributed by atoms with E-state index in [-0.39, 0.29) is 4.90 Å². The molecule has 3 aromatic carbocycles. The van der Waals surface area contributed by atoms with Crippen LogP contribution in [0.5, 0.6) is 11.5 Å². The van der Waals surface area contributed by atoms with Crippen LogP contribution in [0.4, 0.5) is 0 Å². The molecule has 1 aromatic heterocycles. The zero-order valence-corrected chi connectivity index (χ0v) is 18.8. The summed E-state index contributed by atoms with van der Waals surface area (Å²) in [6.07, 6.45) is 3.37. The molecule has 164 valence electrons. The molecule has 6 nitrogen and oxygen atoms in total. The average molecular weight is 450 g/mol. The molecule has 0 unspecified atom stereocenters. The first-order valence-electron chi connectivity index (χ1n) is 9.95. The van der Waals surface area contributed by atoms with Crippen molar-refractivity contribution in [2.75, 3.05) is 20.5 Å². The molecule has 0 radical (unpaired) electrons. The highest BCUT2D eigenvalue weighted by Crippen LogP contribution is 2.44. The van der Waals surface area contributed by atoms with Crippen LogP contribution in [0.1, 0.15) is 11.5 Å². The fraction of sp³-hybridized carbons (Fsp3) is 0.160. The number of benzene rings is 3. The lowest BCUT2D eigenvalue weighted by molar-refractivity contribution is 0.398. The van der Waals surface area contributed by atoms with Crippen molar-refractivity contribution in [3.05, 3.63) is 84.4 Å². The van der Waals surface area contributed by atoms with Gasteiger partial charge in [0.05, 0.1) is 24.7 Å². The van der Waals surface area contributed by atoms with Gasteiger partial charge < -0.3 is 13.9 Å². The van der Waals surface area contributed by atoms with Gasteiger partial charge in [0, 0.05) is 18.2 Å². The molecular formula is C25H23NO5S. The monoisotopic (exact) mass is 449 g/mol. The van der Waals surface area contributed by atoms with Crippen molar-refractivity contribution in [1.82, 2.24) is 4.98 Å². The lowest BCUT2D eigenvalue weighted by atomic mass is 9.99. The minimum absolute atomic E-state index is 0.248. The highest BCUT2D eigenvalue weighted by Gasteiger charge is 2.21. The molecule has 0 saturated carbocycles. The number of hydrogen-bond acceptors (Lipinski definition) is 6. The van der Waals surface area contributed by atoms with Crippen molar-refractivity contribution < 1.29 is 22.3 Å². The molecule has 0 amide bonds. The number of oxazole rings is 1. The Balaban J connectivity index is 1.77.